The van der Waals surface area contributed by atoms with E-state index >= 15 is 0 Å². The van der Waals surface area contributed by atoms with E-state index in [1.807, 2.05) is 13.8 Å². The Morgan fingerprint density at radius 2 is 1.50 bits per heavy atom. The lowest BCUT2D eigenvalue weighted by atomic mass is 9.90. The van der Waals surface area contributed by atoms with E-state index in [1.165, 1.54) is 0 Å². The molecule has 0 aliphatic rings. The molecule has 0 saturated heterocycles. The Morgan fingerprint density at radius 1 is 1.00 bits per heavy atom. The summed E-state index contributed by atoms with van der Waals surface area (Å²) in [5.41, 5.74) is -1.06. The molecule has 0 saturated carbocycles. The Kier molecular flexibility index (Phi) is 8.65. The molecule has 5 nitrogen and oxygen atoms in total. The fourth-order valence-electron chi connectivity index (χ4n) is 1.30. The zero-order valence-corrected chi connectivity index (χ0v) is 13.1. The van der Waals surface area contributed by atoms with E-state index < -0.39 is 11.4 Å². The summed E-state index contributed by atoms with van der Waals surface area (Å²) in [6.45, 7) is 9.32. The Bertz CT molecular complexity index is 297. The molecule has 0 unspecified atom stereocenters. The molecule has 1 N–H and O–H groups in total. The van der Waals surface area contributed by atoms with Crippen molar-refractivity contribution >= 4 is 12.3 Å². The van der Waals surface area contributed by atoms with Crippen LogP contribution in [0.3, 0.4) is 0 Å². The molecule has 0 bridgehead atoms. The Hall–Kier alpha value is -0.940. The molecule has 0 aromatic carbocycles. The highest BCUT2D eigenvalue weighted by molar-refractivity contribution is 5.73. The van der Waals surface area contributed by atoms with E-state index in [9.17, 15) is 9.59 Å². The summed E-state index contributed by atoms with van der Waals surface area (Å²) < 4.78 is 10.8. The Labute approximate surface area is 121 Å². The maximum Gasteiger partial charge on any atom is 0.309 e. The van der Waals surface area contributed by atoms with Crippen LogP contribution in [0.1, 0.15) is 47.0 Å². The van der Waals surface area contributed by atoms with E-state index in [2.05, 4.69) is 0 Å². The van der Waals surface area contributed by atoms with Crippen LogP contribution in [-0.2, 0) is 19.1 Å². The quantitative estimate of drug-likeness (QED) is 0.441. The molecule has 5 heteroatoms. The monoisotopic (exact) mass is 288 g/mol. The van der Waals surface area contributed by atoms with Gasteiger partial charge in [-0.3, -0.25) is 4.79 Å². The highest BCUT2D eigenvalue weighted by atomic mass is 16.5. The second-order valence-corrected chi connectivity index (χ2v) is 6.37. The normalized spacial score (nSPS) is 12.4. The summed E-state index contributed by atoms with van der Waals surface area (Å²) in [5.74, 6) is -0.803. The number of carbonyl (C=O) groups excluding carboxylic acids is 1. The first-order valence-electron chi connectivity index (χ1n) is 7.06. The highest BCUT2D eigenvalue weighted by Gasteiger charge is 2.26. The van der Waals surface area contributed by atoms with Crippen LogP contribution >= 0.6 is 0 Å². The van der Waals surface area contributed by atoms with Gasteiger partial charge in [-0.15, -0.1) is 0 Å². The first kappa shape index (κ1) is 19.1. The molecule has 20 heavy (non-hydrogen) atoms. The molecule has 0 atom stereocenters. The van der Waals surface area contributed by atoms with Gasteiger partial charge in [0.05, 0.1) is 5.41 Å². The fraction of sp³-hybridized carbons (Fsp3) is 0.867. The van der Waals surface area contributed by atoms with Gasteiger partial charge in [0.25, 0.3) is 0 Å². The summed E-state index contributed by atoms with van der Waals surface area (Å²) >= 11 is 0. The van der Waals surface area contributed by atoms with Gasteiger partial charge in [0, 0.05) is 31.8 Å². The van der Waals surface area contributed by atoms with Gasteiger partial charge >= 0.3 is 5.97 Å². The number of hydrogen-bond acceptors (Lipinski definition) is 4. The van der Waals surface area contributed by atoms with Gasteiger partial charge in [0.15, 0.2) is 0 Å². The third-order valence-electron chi connectivity index (χ3n) is 3.24. The van der Waals surface area contributed by atoms with Gasteiger partial charge in [-0.05, 0) is 33.1 Å². The molecule has 0 rings (SSSR count). The first-order valence-corrected chi connectivity index (χ1v) is 7.06. The molecular weight excluding hydrogens is 260 g/mol. The van der Waals surface area contributed by atoms with Crippen molar-refractivity contribution in [2.75, 3.05) is 26.4 Å². The molecule has 0 fully saturated rings. The van der Waals surface area contributed by atoms with Gasteiger partial charge in [-0.1, -0.05) is 13.8 Å². The van der Waals surface area contributed by atoms with Crippen LogP contribution in [0.5, 0.6) is 0 Å². The van der Waals surface area contributed by atoms with Crippen LogP contribution < -0.4 is 0 Å². The zero-order chi connectivity index (χ0) is 15.6. The summed E-state index contributed by atoms with van der Waals surface area (Å²) in [6, 6.07) is 0. The fourth-order valence-corrected chi connectivity index (χ4v) is 1.30. The van der Waals surface area contributed by atoms with Crippen LogP contribution in [-0.4, -0.2) is 43.8 Å². The molecule has 0 aliphatic carbocycles. The number of carbonyl (C=O) groups is 2. The molecule has 118 valence electrons. The van der Waals surface area contributed by atoms with Crippen molar-refractivity contribution in [2.45, 2.75) is 47.0 Å². The molecule has 0 radical (unpaired) electrons. The van der Waals surface area contributed by atoms with E-state index in [0.29, 0.717) is 39.3 Å². The van der Waals surface area contributed by atoms with Crippen molar-refractivity contribution in [3.63, 3.8) is 0 Å². The predicted octanol–water partition coefficient (Wildman–Crippen LogP) is 2.53. The minimum absolute atomic E-state index is 0.321. The molecule has 0 aliphatic heterocycles. The maximum absolute atomic E-state index is 10.9. The van der Waals surface area contributed by atoms with Gasteiger partial charge in [0.1, 0.15) is 6.29 Å². The molecule has 0 amide bonds. The van der Waals surface area contributed by atoms with Gasteiger partial charge < -0.3 is 19.4 Å². The third-order valence-corrected chi connectivity index (χ3v) is 3.24. The smallest absolute Gasteiger partial charge is 0.309 e. The van der Waals surface area contributed by atoms with Gasteiger partial charge in [0.2, 0.25) is 0 Å². The van der Waals surface area contributed by atoms with Crippen LogP contribution in [0.2, 0.25) is 0 Å². The third kappa shape index (κ3) is 9.04. The van der Waals surface area contributed by atoms with E-state index in [1.54, 1.807) is 13.8 Å². The highest BCUT2D eigenvalue weighted by Crippen LogP contribution is 2.20. The average Bonchev–Trinajstić information content (AvgIpc) is 2.36. The number of ether oxygens (including phenoxy) is 2. The Balaban J connectivity index is 3.42. The number of carboxylic acid groups (broad SMARTS) is 1. The van der Waals surface area contributed by atoms with Crippen molar-refractivity contribution in [1.29, 1.82) is 0 Å². The topological polar surface area (TPSA) is 72.8 Å². The summed E-state index contributed by atoms with van der Waals surface area (Å²) in [7, 11) is 0. The van der Waals surface area contributed by atoms with Crippen molar-refractivity contribution in [2.24, 2.45) is 10.8 Å². The van der Waals surface area contributed by atoms with E-state index in [4.69, 9.17) is 14.6 Å². The zero-order valence-electron chi connectivity index (χ0n) is 13.1. The number of rotatable bonds is 12. The van der Waals surface area contributed by atoms with Crippen LogP contribution in [0.25, 0.3) is 0 Å². The minimum Gasteiger partial charge on any atom is -0.481 e. The van der Waals surface area contributed by atoms with Crippen molar-refractivity contribution < 1.29 is 24.2 Å². The van der Waals surface area contributed by atoms with Gasteiger partial charge in [-0.25, -0.2) is 0 Å². The predicted molar refractivity (Wildman–Crippen MR) is 76.8 cm³/mol. The lowest BCUT2D eigenvalue weighted by Crippen LogP contribution is -2.25. The molecule has 0 aromatic rings. The molecular formula is C15H28O5. The lowest BCUT2D eigenvalue weighted by Gasteiger charge is -2.18. The van der Waals surface area contributed by atoms with Crippen LogP contribution in [0, 0.1) is 10.8 Å². The SMILES string of the molecule is CC(C)(C=O)CCOCCCOCCC(C)(C)C(=O)O. The molecule has 0 heterocycles. The first-order chi connectivity index (χ1) is 9.21. The second kappa shape index (κ2) is 9.08. The average molecular weight is 288 g/mol. The lowest BCUT2D eigenvalue weighted by molar-refractivity contribution is -0.148. The number of carboxylic acids is 1. The number of aldehydes is 1. The van der Waals surface area contributed by atoms with Gasteiger partial charge in [-0.2, -0.15) is 0 Å². The molecule has 0 spiro atoms. The van der Waals surface area contributed by atoms with Crippen molar-refractivity contribution in [3.8, 4) is 0 Å². The maximum atomic E-state index is 10.9. The largest absolute Gasteiger partial charge is 0.481 e. The van der Waals surface area contributed by atoms with Crippen molar-refractivity contribution in [1.82, 2.24) is 0 Å². The molecule has 0 aromatic heterocycles. The number of hydrogen-bond donors (Lipinski definition) is 1. The number of aliphatic carboxylic acids is 1. The summed E-state index contributed by atoms with van der Waals surface area (Å²) in [6.07, 6.45) is 2.93. The summed E-state index contributed by atoms with van der Waals surface area (Å²) in [5, 5.41) is 8.93. The Morgan fingerprint density at radius 3 is 1.95 bits per heavy atom. The second-order valence-electron chi connectivity index (χ2n) is 6.37. The van der Waals surface area contributed by atoms with Crippen LogP contribution in [0.4, 0.5) is 0 Å². The van der Waals surface area contributed by atoms with Crippen LogP contribution in [0.15, 0.2) is 0 Å². The minimum atomic E-state index is -0.803. The summed E-state index contributed by atoms with van der Waals surface area (Å²) in [4.78, 5) is 21.5. The van der Waals surface area contributed by atoms with Crippen molar-refractivity contribution in [3.05, 3.63) is 0 Å². The van der Waals surface area contributed by atoms with E-state index in [0.717, 1.165) is 12.7 Å². The standard InChI is InChI=1S/C15H28O5/c1-14(2,12-16)6-10-19-8-5-9-20-11-7-15(3,4)13(17)18/h12H,5-11H2,1-4H3,(H,17,18). The van der Waals surface area contributed by atoms with E-state index in [-0.39, 0.29) is 5.41 Å².